The normalized spacial score (nSPS) is 15.2. The third-order valence-electron chi connectivity index (χ3n) is 4.89. The second-order valence-electron chi connectivity index (χ2n) is 7.28. The Morgan fingerprint density at radius 1 is 1.11 bits per heavy atom. The van der Waals surface area contributed by atoms with Gasteiger partial charge in [0, 0.05) is 23.9 Å². The number of nitrogens with one attached hydrogen (secondary N) is 1. The minimum absolute atomic E-state index is 0.0483. The Morgan fingerprint density at radius 2 is 1.77 bits per heavy atom. The molecule has 0 unspecified atom stereocenters. The van der Waals surface area contributed by atoms with Crippen molar-refractivity contribution in [2.24, 2.45) is 4.40 Å². The van der Waals surface area contributed by atoms with Crippen molar-refractivity contribution in [3.05, 3.63) is 65.1 Å². The minimum atomic E-state index is -4.65. The molecular weight excluding hydrogens is 494 g/mol. The Labute approximate surface area is 199 Å². The average molecular weight is 515 g/mol. The summed E-state index contributed by atoms with van der Waals surface area (Å²) in [5, 5.41) is 2.27. The fourth-order valence-electron chi connectivity index (χ4n) is 3.29. The first-order chi connectivity index (χ1) is 16.4. The quantitative estimate of drug-likeness (QED) is 0.559. The monoisotopic (exact) mass is 515 g/mol. The van der Waals surface area contributed by atoms with Crippen molar-refractivity contribution >= 4 is 27.5 Å². The van der Waals surface area contributed by atoms with Gasteiger partial charge in [-0.3, -0.25) is 4.79 Å². The molecule has 35 heavy (non-hydrogen) atoms. The number of halogens is 4. The smallest absolute Gasteiger partial charge is 0.416 e. The summed E-state index contributed by atoms with van der Waals surface area (Å²) in [6.07, 6.45) is -3.31. The SMILES string of the molecule is CCCN1C(C(=O)Nc2cccc(C(F)(F)F)c2)=CC(c2cc(OC)c(OC)cc2F)=NS1(=O)=O. The summed E-state index contributed by atoms with van der Waals surface area (Å²) in [7, 11) is -1.89. The average Bonchev–Trinajstić information content (AvgIpc) is 2.79. The lowest BCUT2D eigenvalue weighted by Gasteiger charge is -2.27. The van der Waals surface area contributed by atoms with Crippen LogP contribution >= 0.6 is 0 Å². The molecular formula is C22H21F4N3O5S. The van der Waals surface area contributed by atoms with E-state index in [2.05, 4.69) is 9.71 Å². The van der Waals surface area contributed by atoms with Gasteiger partial charge in [0.2, 0.25) is 0 Å². The minimum Gasteiger partial charge on any atom is -0.493 e. The van der Waals surface area contributed by atoms with Crippen molar-refractivity contribution in [3.63, 3.8) is 0 Å². The molecule has 1 aliphatic heterocycles. The molecule has 188 valence electrons. The maximum atomic E-state index is 14.8. The lowest BCUT2D eigenvalue weighted by molar-refractivity contribution is -0.137. The molecule has 2 aromatic carbocycles. The fourth-order valence-corrected chi connectivity index (χ4v) is 4.58. The highest BCUT2D eigenvalue weighted by Crippen LogP contribution is 2.33. The molecule has 0 aromatic heterocycles. The second kappa shape index (κ2) is 9.94. The van der Waals surface area contributed by atoms with Crippen LogP contribution in [0.5, 0.6) is 11.5 Å². The van der Waals surface area contributed by atoms with E-state index in [-0.39, 0.29) is 29.3 Å². The third kappa shape index (κ3) is 5.56. The molecule has 3 rings (SSSR count). The van der Waals surface area contributed by atoms with Crippen LogP contribution < -0.4 is 14.8 Å². The Morgan fingerprint density at radius 3 is 2.37 bits per heavy atom. The van der Waals surface area contributed by atoms with E-state index in [1.807, 2.05) is 0 Å². The van der Waals surface area contributed by atoms with Gasteiger partial charge in [0.1, 0.15) is 11.5 Å². The van der Waals surface area contributed by atoms with E-state index in [1.165, 1.54) is 20.3 Å². The maximum Gasteiger partial charge on any atom is 0.416 e. The Kier molecular flexibility index (Phi) is 7.38. The molecule has 0 radical (unpaired) electrons. The van der Waals surface area contributed by atoms with Crippen molar-refractivity contribution in [3.8, 4) is 11.5 Å². The van der Waals surface area contributed by atoms with Crippen molar-refractivity contribution in [2.45, 2.75) is 19.5 Å². The lowest BCUT2D eigenvalue weighted by Crippen LogP contribution is -2.39. The number of alkyl halides is 3. The molecule has 0 atom stereocenters. The van der Waals surface area contributed by atoms with E-state index < -0.39 is 45.1 Å². The van der Waals surface area contributed by atoms with Crippen molar-refractivity contribution in [1.82, 2.24) is 4.31 Å². The van der Waals surface area contributed by atoms with E-state index in [4.69, 9.17) is 9.47 Å². The van der Waals surface area contributed by atoms with Gasteiger partial charge in [-0.2, -0.15) is 21.6 Å². The highest BCUT2D eigenvalue weighted by atomic mass is 32.2. The molecule has 0 fully saturated rings. The van der Waals surface area contributed by atoms with Gasteiger partial charge in [-0.1, -0.05) is 13.0 Å². The first-order valence-electron chi connectivity index (χ1n) is 10.2. The molecule has 0 saturated heterocycles. The van der Waals surface area contributed by atoms with Crippen LogP contribution in [0.25, 0.3) is 0 Å². The molecule has 0 bridgehead atoms. The van der Waals surface area contributed by atoms with E-state index in [9.17, 15) is 30.8 Å². The zero-order valence-corrected chi connectivity index (χ0v) is 19.6. The molecule has 1 N–H and O–H groups in total. The zero-order chi connectivity index (χ0) is 26.0. The van der Waals surface area contributed by atoms with Crippen LogP contribution in [-0.4, -0.2) is 45.1 Å². The Hall–Kier alpha value is -3.61. The fraction of sp³-hybridized carbons (Fsp3) is 0.273. The van der Waals surface area contributed by atoms with Gasteiger partial charge < -0.3 is 14.8 Å². The van der Waals surface area contributed by atoms with Gasteiger partial charge in [-0.15, -0.1) is 4.40 Å². The topological polar surface area (TPSA) is 97.3 Å². The summed E-state index contributed by atoms with van der Waals surface area (Å²) in [4.78, 5) is 13.0. The van der Waals surface area contributed by atoms with Crippen LogP contribution in [0, 0.1) is 5.82 Å². The third-order valence-corrected chi connectivity index (χ3v) is 6.25. The Balaban J connectivity index is 2.08. The Bertz CT molecular complexity index is 1310. The van der Waals surface area contributed by atoms with Crippen LogP contribution in [0.1, 0.15) is 24.5 Å². The molecule has 0 spiro atoms. The van der Waals surface area contributed by atoms with Crippen LogP contribution in [-0.2, 0) is 21.2 Å². The molecule has 1 amide bonds. The molecule has 1 aliphatic rings. The predicted molar refractivity (Wildman–Crippen MR) is 120 cm³/mol. The highest BCUT2D eigenvalue weighted by molar-refractivity contribution is 7.88. The number of carbonyl (C=O) groups excluding carboxylic acids is 1. The number of benzene rings is 2. The molecule has 8 nitrogen and oxygen atoms in total. The number of hydrogen-bond donors (Lipinski definition) is 1. The number of carbonyl (C=O) groups is 1. The molecule has 2 aromatic rings. The maximum absolute atomic E-state index is 14.8. The van der Waals surface area contributed by atoms with Gasteiger partial charge in [-0.25, -0.2) is 8.70 Å². The van der Waals surface area contributed by atoms with Crippen LogP contribution in [0.4, 0.5) is 23.2 Å². The van der Waals surface area contributed by atoms with Gasteiger partial charge in [0.15, 0.2) is 11.5 Å². The summed E-state index contributed by atoms with van der Waals surface area (Å²) in [5.41, 5.74) is -2.33. The number of anilines is 1. The van der Waals surface area contributed by atoms with E-state index >= 15 is 0 Å². The summed E-state index contributed by atoms with van der Waals surface area (Å²) in [6, 6.07) is 5.99. The first kappa shape index (κ1) is 26.0. The summed E-state index contributed by atoms with van der Waals surface area (Å²) in [5.74, 6) is -1.78. The van der Waals surface area contributed by atoms with Crippen molar-refractivity contribution < 1.29 is 40.2 Å². The standard InChI is InChI=1S/C22H21F4N3O5S/c1-4-8-29-18(21(30)27-14-7-5-6-13(9-14)22(24,25)26)12-17(28-35(29,31)32)15-10-19(33-2)20(34-3)11-16(15)23/h5-7,9-12H,4,8H2,1-3H3,(H,27,30). The van der Waals surface area contributed by atoms with Crippen LogP contribution in [0.3, 0.4) is 0 Å². The predicted octanol–water partition coefficient (Wildman–Crippen LogP) is 4.14. The van der Waals surface area contributed by atoms with Crippen molar-refractivity contribution in [1.29, 1.82) is 0 Å². The molecule has 13 heteroatoms. The number of allylic oxidation sites excluding steroid dienone is 1. The number of nitrogens with zero attached hydrogens (tertiary/aromatic N) is 2. The summed E-state index contributed by atoms with van der Waals surface area (Å²) in [6.45, 7) is 1.51. The number of amides is 1. The van der Waals surface area contributed by atoms with Crippen LogP contribution in [0.2, 0.25) is 0 Å². The zero-order valence-electron chi connectivity index (χ0n) is 18.8. The molecule has 1 heterocycles. The second-order valence-corrected chi connectivity index (χ2v) is 8.79. The van der Waals surface area contributed by atoms with Gasteiger partial charge in [-0.05, 0) is 36.8 Å². The van der Waals surface area contributed by atoms with Crippen molar-refractivity contribution in [2.75, 3.05) is 26.1 Å². The lowest BCUT2D eigenvalue weighted by atomic mass is 10.1. The number of hydrogen-bond acceptors (Lipinski definition) is 5. The van der Waals surface area contributed by atoms with Gasteiger partial charge in [0.05, 0.1) is 25.5 Å². The summed E-state index contributed by atoms with van der Waals surface area (Å²) >= 11 is 0. The van der Waals surface area contributed by atoms with Gasteiger partial charge >= 0.3 is 16.4 Å². The van der Waals surface area contributed by atoms with E-state index in [1.54, 1.807) is 6.92 Å². The number of methoxy groups -OCH3 is 2. The number of ether oxygens (including phenoxy) is 2. The van der Waals surface area contributed by atoms with E-state index in [0.717, 1.165) is 30.3 Å². The highest BCUT2D eigenvalue weighted by Gasteiger charge is 2.34. The summed E-state index contributed by atoms with van der Waals surface area (Å²) < 4.78 is 94.2. The van der Waals surface area contributed by atoms with Gasteiger partial charge in [0.25, 0.3) is 5.91 Å². The largest absolute Gasteiger partial charge is 0.493 e. The van der Waals surface area contributed by atoms with E-state index in [0.29, 0.717) is 16.8 Å². The number of rotatable bonds is 7. The molecule has 0 aliphatic carbocycles. The first-order valence-corrected chi connectivity index (χ1v) is 11.6. The molecule has 0 saturated carbocycles. The van der Waals surface area contributed by atoms with Crippen LogP contribution in [0.15, 0.2) is 52.6 Å².